The number of unbranched alkanes of at least 4 members (excludes halogenated alkanes) is 3. The summed E-state index contributed by atoms with van der Waals surface area (Å²) < 4.78 is 12.1. The van der Waals surface area contributed by atoms with E-state index in [0.717, 1.165) is 58.2 Å². The fourth-order valence-electron chi connectivity index (χ4n) is 7.64. The Kier molecular flexibility index (Phi) is 12.1. The van der Waals surface area contributed by atoms with Crippen molar-refractivity contribution in [3.8, 4) is 0 Å². The molecule has 4 rings (SSSR count). The molecular formula is C29H53ClN6O2S. The van der Waals surface area contributed by atoms with E-state index in [9.17, 15) is 9.00 Å². The lowest BCUT2D eigenvalue weighted by Crippen LogP contribution is -2.67. The molecule has 3 heterocycles. The minimum Gasteiger partial charge on any atom is -0.350 e. The molecule has 8 nitrogen and oxygen atoms in total. The van der Waals surface area contributed by atoms with Gasteiger partial charge in [0.05, 0.1) is 29.5 Å². The van der Waals surface area contributed by atoms with Crippen molar-refractivity contribution in [2.75, 3.05) is 31.1 Å². The van der Waals surface area contributed by atoms with Gasteiger partial charge in [-0.2, -0.15) is 0 Å². The number of hydrogen-bond acceptors (Lipinski definition) is 7. The number of nitrogens with two attached hydrogens (primary N) is 2. The van der Waals surface area contributed by atoms with Crippen LogP contribution in [0.15, 0.2) is 4.99 Å². The Balaban J connectivity index is 1.54. The number of piperidine rings is 1. The zero-order valence-corrected chi connectivity index (χ0v) is 25.6. The number of alkyl halides is 1. The third-order valence-electron chi connectivity index (χ3n) is 9.88. The fraction of sp³-hybridized carbons (Fsp3) is 0.931. The van der Waals surface area contributed by atoms with Gasteiger partial charge in [-0.1, -0.05) is 45.4 Å². The van der Waals surface area contributed by atoms with Crippen molar-refractivity contribution in [3.05, 3.63) is 0 Å². The molecule has 0 aromatic heterocycles. The molecule has 6 unspecified atom stereocenters. The Bertz CT molecular complexity index is 829. The number of rotatable bonds is 10. The molecule has 3 aliphatic heterocycles. The van der Waals surface area contributed by atoms with Crippen LogP contribution < -0.4 is 22.1 Å². The van der Waals surface area contributed by atoms with Crippen LogP contribution in [0.4, 0.5) is 0 Å². The number of halogens is 1. The maximum Gasteiger partial charge on any atom is 0.228 e. The summed E-state index contributed by atoms with van der Waals surface area (Å²) in [7, 11) is -0.735. The van der Waals surface area contributed by atoms with E-state index in [1.165, 1.54) is 44.9 Å². The second-order valence-corrected chi connectivity index (χ2v) is 14.9. The Morgan fingerprint density at radius 3 is 2.62 bits per heavy atom. The lowest BCUT2D eigenvalue weighted by atomic mass is 9.72. The number of hydrogen-bond donors (Lipinski definition) is 4. The zero-order chi connectivity index (χ0) is 27.8. The van der Waals surface area contributed by atoms with Crippen molar-refractivity contribution in [2.45, 2.75) is 126 Å². The highest BCUT2D eigenvalue weighted by Crippen LogP contribution is 2.48. The van der Waals surface area contributed by atoms with Crippen LogP contribution in [0.3, 0.4) is 0 Å². The predicted octanol–water partition coefficient (Wildman–Crippen LogP) is 2.89. The first-order valence-electron chi connectivity index (χ1n) is 15.6. The van der Waals surface area contributed by atoms with E-state index in [4.69, 9.17) is 28.1 Å². The van der Waals surface area contributed by atoms with Gasteiger partial charge in [0.25, 0.3) is 0 Å². The molecule has 1 amide bonds. The molecule has 3 fully saturated rings. The van der Waals surface area contributed by atoms with E-state index in [-0.39, 0.29) is 40.9 Å². The van der Waals surface area contributed by atoms with Crippen LogP contribution in [0.2, 0.25) is 0 Å². The molecule has 0 bridgehead atoms. The fourth-order valence-corrected chi connectivity index (χ4v) is 8.89. The smallest absolute Gasteiger partial charge is 0.228 e. The van der Waals surface area contributed by atoms with Crippen LogP contribution in [0.1, 0.15) is 90.4 Å². The summed E-state index contributed by atoms with van der Waals surface area (Å²) in [6.45, 7) is 4.80. The molecule has 4 aliphatic rings. The topological polar surface area (TPSA) is 126 Å². The highest BCUT2D eigenvalue weighted by molar-refractivity contribution is 7.85. The van der Waals surface area contributed by atoms with Gasteiger partial charge in [0.2, 0.25) is 5.91 Å². The van der Waals surface area contributed by atoms with Crippen LogP contribution >= 0.6 is 11.6 Å². The van der Waals surface area contributed by atoms with Crippen molar-refractivity contribution in [3.63, 3.8) is 0 Å². The number of carbonyl (C=O) groups is 1. The van der Waals surface area contributed by atoms with E-state index in [0.29, 0.717) is 11.5 Å². The monoisotopic (exact) mass is 584 g/mol. The molecule has 0 aromatic carbocycles. The molecule has 10 heteroatoms. The highest BCUT2D eigenvalue weighted by Gasteiger charge is 2.44. The van der Waals surface area contributed by atoms with Crippen LogP contribution in [0.5, 0.6) is 0 Å². The number of nitrogens with zero attached hydrogens (tertiary/aromatic N) is 2. The summed E-state index contributed by atoms with van der Waals surface area (Å²) in [6.07, 6.45) is 15.4. The number of carbonyl (C=O) groups excluding carboxylic acids is 1. The number of nitrogens with one attached hydrogen (secondary N) is 2. The lowest BCUT2D eigenvalue weighted by Gasteiger charge is -2.46. The molecule has 1 spiro atoms. The first kappa shape index (κ1) is 31.4. The van der Waals surface area contributed by atoms with Crippen molar-refractivity contribution in [2.24, 2.45) is 27.8 Å². The van der Waals surface area contributed by atoms with Crippen molar-refractivity contribution in [1.82, 2.24) is 15.5 Å². The summed E-state index contributed by atoms with van der Waals surface area (Å²) in [5.74, 6) is 0.740. The van der Waals surface area contributed by atoms with Crippen LogP contribution in [0, 0.1) is 11.3 Å². The van der Waals surface area contributed by atoms with Gasteiger partial charge in [-0.15, -0.1) is 11.6 Å². The quantitative estimate of drug-likeness (QED) is 0.178. The molecule has 1 saturated carbocycles. The first-order valence-corrected chi connectivity index (χ1v) is 17.6. The van der Waals surface area contributed by atoms with Gasteiger partial charge in [-0.3, -0.25) is 18.9 Å². The lowest BCUT2D eigenvalue weighted by molar-refractivity contribution is -0.128. The van der Waals surface area contributed by atoms with E-state index >= 15 is 0 Å². The average Bonchev–Trinajstić information content (AvgIpc) is 3.38. The summed E-state index contributed by atoms with van der Waals surface area (Å²) in [4.78, 5) is 21.5. The second kappa shape index (κ2) is 15.1. The summed E-state index contributed by atoms with van der Waals surface area (Å²) in [5.41, 5.74) is 12.9. The summed E-state index contributed by atoms with van der Waals surface area (Å²) in [6, 6.07) is 0.105. The molecule has 6 atom stereocenters. The van der Waals surface area contributed by atoms with Gasteiger partial charge in [-0.05, 0) is 56.9 Å². The third kappa shape index (κ3) is 8.48. The van der Waals surface area contributed by atoms with Gasteiger partial charge in [0, 0.05) is 53.7 Å². The maximum atomic E-state index is 14.2. The molecule has 6 N–H and O–H groups in total. The zero-order valence-electron chi connectivity index (χ0n) is 24.0. The largest absolute Gasteiger partial charge is 0.350 e. The summed E-state index contributed by atoms with van der Waals surface area (Å²) in [5, 5.41) is 7.10. The number of amides is 1. The highest BCUT2D eigenvalue weighted by atomic mass is 35.5. The average molecular weight is 585 g/mol. The Morgan fingerprint density at radius 2 is 1.92 bits per heavy atom. The first-order chi connectivity index (χ1) is 18.8. The standard InChI is InChI=1S/C29H53ClN6O2S/c1-2-3-4-5-8-22-26(24(10-14-33-22)36-15-17-39(38)18-16-36)35-28(37)25(27(31)32)23-19-29(11-6-7-12-29)13-9-21(30)20-34-23/h20-27,33H,2-19,31-32H2,1H3,(H,35,37). The predicted molar refractivity (Wildman–Crippen MR) is 163 cm³/mol. The van der Waals surface area contributed by atoms with Crippen LogP contribution in [0.25, 0.3) is 0 Å². The van der Waals surface area contributed by atoms with Gasteiger partial charge >= 0.3 is 0 Å². The van der Waals surface area contributed by atoms with E-state index < -0.39 is 22.9 Å². The summed E-state index contributed by atoms with van der Waals surface area (Å²) >= 11 is 6.60. The number of aliphatic imine (C=N–C) groups is 1. The molecule has 1 aliphatic carbocycles. The van der Waals surface area contributed by atoms with Crippen LogP contribution in [-0.2, 0) is 15.6 Å². The third-order valence-corrected chi connectivity index (χ3v) is 11.5. The molecule has 2 saturated heterocycles. The Hall–Kier alpha value is -0.580. The van der Waals surface area contributed by atoms with Gasteiger partial charge in [-0.25, -0.2) is 0 Å². The Morgan fingerprint density at radius 1 is 1.18 bits per heavy atom. The normalized spacial score (nSPS) is 33.2. The molecule has 0 aromatic rings. The molecule has 39 heavy (non-hydrogen) atoms. The van der Waals surface area contributed by atoms with Crippen molar-refractivity contribution < 1.29 is 9.00 Å². The van der Waals surface area contributed by atoms with E-state index in [1.54, 1.807) is 0 Å². The molecule has 0 radical (unpaired) electrons. The van der Waals surface area contributed by atoms with Gasteiger partial charge < -0.3 is 22.1 Å². The minimum absolute atomic E-state index is 0.0422. The Labute approximate surface area is 243 Å². The molecule has 224 valence electrons. The molecular weight excluding hydrogens is 532 g/mol. The van der Waals surface area contributed by atoms with Crippen LogP contribution in [-0.4, -0.2) is 88.1 Å². The second-order valence-electron chi connectivity index (χ2n) is 12.6. The van der Waals surface area contributed by atoms with Crippen molar-refractivity contribution in [1.29, 1.82) is 0 Å². The minimum atomic E-state index is -0.797. The van der Waals surface area contributed by atoms with Gasteiger partial charge in [0.15, 0.2) is 0 Å². The maximum absolute atomic E-state index is 14.2. The van der Waals surface area contributed by atoms with E-state index in [2.05, 4.69) is 22.5 Å². The SMILES string of the molecule is CCCCCCC1NCCC(N2CCS(=O)CC2)C1NC(=O)C(C(N)N)C1CC2(CCCC2)CCC(Cl)C=N1. The van der Waals surface area contributed by atoms with E-state index in [1.807, 2.05) is 6.21 Å². The van der Waals surface area contributed by atoms with Gasteiger partial charge in [0.1, 0.15) is 0 Å². The van der Waals surface area contributed by atoms with Crippen molar-refractivity contribution >= 4 is 34.5 Å².